The van der Waals surface area contributed by atoms with Gasteiger partial charge < -0.3 is 35.5 Å². The molecule has 0 aromatic heterocycles. The van der Waals surface area contributed by atoms with E-state index in [0.29, 0.717) is 0 Å². The van der Waals surface area contributed by atoms with Gasteiger partial charge in [0.05, 0.1) is 31.6 Å². The topological polar surface area (TPSA) is 185 Å². The molecule has 0 aliphatic rings. The van der Waals surface area contributed by atoms with Gasteiger partial charge in [0.1, 0.15) is 0 Å². The summed E-state index contributed by atoms with van der Waals surface area (Å²) in [5, 5.41) is 35.5. The predicted octanol–water partition coefficient (Wildman–Crippen LogP) is -6.41. The maximum atomic E-state index is 11.5. The summed E-state index contributed by atoms with van der Waals surface area (Å²) < 4.78 is 0. The van der Waals surface area contributed by atoms with Gasteiger partial charge in [-0.2, -0.15) is 0 Å². The number of carbonyl (C=O) groups is 5. The predicted molar refractivity (Wildman–Crippen MR) is 101 cm³/mol. The number of amides is 2. The fourth-order valence-electron chi connectivity index (χ4n) is 2.38. The van der Waals surface area contributed by atoms with Crippen LogP contribution in [0.25, 0.3) is 0 Å². The van der Waals surface area contributed by atoms with Gasteiger partial charge in [-0.15, -0.1) is 0 Å². The molecule has 0 atom stereocenters. The maximum Gasteiger partial charge on any atom is 2.00 e. The van der Waals surface area contributed by atoms with E-state index in [2.05, 4.69) is 10.6 Å². The van der Waals surface area contributed by atoms with Crippen molar-refractivity contribution >= 4 is 67.5 Å². The zero-order valence-corrected chi connectivity index (χ0v) is 19.4. The second-order valence-corrected chi connectivity index (χ2v) is 6.18. The van der Waals surface area contributed by atoms with E-state index >= 15 is 0 Å². The summed E-state index contributed by atoms with van der Waals surface area (Å²) in [4.78, 5) is 59.8. The van der Waals surface area contributed by atoms with Crippen molar-refractivity contribution in [3.8, 4) is 0 Å². The Morgan fingerprint density at radius 1 is 0.667 bits per heavy atom. The van der Waals surface area contributed by atoms with E-state index in [-0.39, 0.29) is 77.0 Å². The number of likely N-dealkylation sites (N-methyl/N-ethyl adjacent to an activating group) is 2. The monoisotopic (exact) mass is 457 g/mol. The van der Waals surface area contributed by atoms with Gasteiger partial charge in [-0.1, -0.05) is 0 Å². The molecule has 0 spiro atoms. The molecule has 13 nitrogen and oxygen atoms in total. The number of aliphatic carboxylic acids is 3. The zero-order chi connectivity index (χ0) is 22.4. The molecule has 14 heteroatoms. The summed E-state index contributed by atoms with van der Waals surface area (Å²) in [5.74, 6) is -4.73. The number of rotatable bonds is 16. The van der Waals surface area contributed by atoms with Crippen molar-refractivity contribution in [2.45, 2.75) is 0 Å². The van der Waals surface area contributed by atoms with E-state index in [9.17, 15) is 34.2 Å². The van der Waals surface area contributed by atoms with Gasteiger partial charge in [-0.05, 0) is 0 Å². The zero-order valence-electron chi connectivity index (χ0n) is 17.2. The maximum absolute atomic E-state index is 11.5. The molecule has 0 aromatic rings. The van der Waals surface area contributed by atoms with Crippen molar-refractivity contribution in [2.75, 3.05) is 73.0 Å². The van der Waals surface area contributed by atoms with Gasteiger partial charge >= 0.3 is 43.7 Å². The normalized spacial score (nSPS) is 10.6. The molecule has 166 valence electrons. The van der Waals surface area contributed by atoms with Crippen LogP contribution in [0.5, 0.6) is 0 Å². The summed E-state index contributed by atoms with van der Waals surface area (Å²) in [6, 6.07) is 0. The van der Waals surface area contributed by atoms with Gasteiger partial charge in [0.2, 0.25) is 11.8 Å². The summed E-state index contributed by atoms with van der Waals surface area (Å²) in [6.45, 7) is -1.56. The summed E-state index contributed by atoms with van der Waals surface area (Å²) in [7, 11) is 2.80. The Balaban J connectivity index is 0. The number of nitrogens with one attached hydrogen (secondary N) is 2. The quantitative estimate of drug-likeness (QED) is 0.187. The summed E-state index contributed by atoms with van der Waals surface area (Å²) in [5.41, 5.74) is 0. The average molecular weight is 457 g/mol. The summed E-state index contributed by atoms with van der Waals surface area (Å²) in [6.07, 6.45) is 0. The van der Waals surface area contributed by atoms with Crippen molar-refractivity contribution in [1.29, 1.82) is 0 Å². The second kappa shape index (κ2) is 17.2. The third kappa shape index (κ3) is 16.3. The summed E-state index contributed by atoms with van der Waals surface area (Å²) >= 11 is 0. The van der Waals surface area contributed by atoms with Crippen LogP contribution in [0.1, 0.15) is 0 Å². The minimum atomic E-state index is -1.39. The molecule has 0 unspecified atom stereocenters. The number of carboxylic acid groups (broad SMARTS) is 3. The third-order valence-corrected chi connectivity index (χ3v) is 3.82. The molecular formula is C16H27CaN5O8. The molecule has 0 fully saturated rings. The fourth-order valence-corrected chi connectivity index (χ4v) is 2.38. The third-order valence-electron chi connectivity index (χ3n) is 3.82. The van der Waals surface area contributed by atoms with Crippen molar-refractivity contribution in [1.82, 2.24) is 25.3 Å². The Hall–Kier alpha value is -1.51. The Labute approximate surface area is 204 Å². The van der Waals surface area contributed by atoms with E-state index in [1.807, 2.05) is 0 Å². The van der Waals surface area contributed by atoms with Gasteiger partial charge in [0.25, 0.3) is 0 Å². The molecule has 0 aromatic carbocycles. The Bertz CT molecular complexity index is 550. The average Bonchev–Trinajstić information content (AvgIpc) is 2.61. The van der Waals surface area contributed by atoms with Gasteiger partial charge in [-0.25, -0.2) is 0 Å². The van der Waals surface area contributed by atoms with E-state index in [0.717, 1.165) is 0 Å². The van der Waals surface area contributed by atoms with E-state index in [1.54, 1.807) is 0 Å². The first-order valence-corrected chi connectivity index (χ1v) is 8.77. The van der Waals surface area contributed by atoms with E-state index < -0.39 is 49.4 Å². The van der Waals surface area contributed by atoms with Crippen LogP contribution >= 0.6 is 0 Å². The van der Waals surface area contributed by atoms with Crippen molar-refractivity contribution in [2.24, 2.45) is 0 Å². The van der Waals surface area contributed by atoms with Crippen molar-refractivity contribution < 1.29 is 39.3 Å². The Morgan fingerprint density at radius 3 is 1.33 bits per heavy atom. The van der Waals surface area contributed by atoms with Gasteiger partial charge in [0.15, 0.2) is 0 Å². The number of hydrogen-bond donors (Lipinski definition) is 3. The number of nitrogens with zero attached hydrogens (tertiary/aromatic N) is 3. The molecule has 0 heterocycles. The molecule has 0 bridgehead atoms. The fraction of sp³-hybridized carbons (Fsp3) is 0.688. The van der Waals surface area contributed by atoms with Crippen LogP contribution in [0.3, 0.4) is 0 Å². The Kier molecular flexibility index (Phi) is 17.6. The SMILES string of the molecule is CNC(=O)CN(CCN(CCN(CC(=O)O)CC(=O)NC)CC(=O)[O-])CC(=O)[O-].[Ca+2]. The van der Waals surface area contributed by atoms with E-state index in [1.165, 1.54) is 28.8 Å². The first-order valence-electron chi connectivity index (χ1n) is 8.77. The molecule has 0 aliphatic carbocycles. The number of carboxylic acids is 3. The van der Waals surface area contributed by atoms with Crippen molar-refractivity contribution in [3.63, 3.8) is 0 Å². The largest absolute Gasteiger partial charge is 2.00 e. The smallest absolute Gasteiger partial charge is 0.549 e. The molecular weight excluding hydrogens is 430 g/mol. The van der Waals surface area contributed by atoms with Crippen LogP contribution < -0.4 is 20.8 Å². The molecule has 0 saturated heterocycles. The first-order chi connectivity index (χ1) is 13.6. The van der Waals surface area contributed by atoms with Crippen LogP contribution in [0.4, 0.5) is 0 Å². The molecule has 0 saturated carbocycles. The van der Waals surface area contributed by atoms with Crippen LogP contribution in [-0.4, -0.2) is 160 Å². The first kappa shape index (κ1) is 30.7. The van der Waals surface area contributed by atoms with Crippen LogP contribution in [0.2, 0.25) is 0 Å². The minimum absolute atomic E-state index is 0. The molecule has 3 N–H and O–H groups in total. The molecule has 0 radical (unpaired) electrons. The number of hydrogen-bond acceptors (Lipinski definition) is 10. The van der Waals surface area contributed by atoms with E-state index in [4.69, 9.17) is 5.11 Å². The minimum Gasteiger partial charge on any atom is -0.549 e. The van der Waals surface area contributed by atoms with Gasteiger partial charge in [-0.3, -0.25) is 29.1 Å². The molecule has 0 rings (SSSR count). The van der Waals surface area contributed by atoms with Crippen LogP contribution in [-0.2, 0) is 24.0 Å². The van der Waals surface area contributed by atoms with Crippen LogP contribution in [0, 0.1) is 0 Å². The number of carbonyl (C=O) groups excluding carboxylic acids is 4. The molecule has 2 amide bonds. The molecule has 30 heavy (non-hydrogen) atoms. The second-order valence-electron chi connectivity index (χ2n) is 6.18. The molecule has 0 aliphatic heterocycles. The van der Waals surface area contributed by atoms with Crippen molar-refractivity contribution in [3.05, 3.63) is 0 Å². The standard InChI is InChI=1S/C16H29N5O8.Ca/c1-17-12(22)7-20(10-15(26)27)5-3-19(9-14(24)25)4-6-21(11-16(28)29)8-13(23)18-2;/h3-11H2,1-2H3,(H,17,22)(H,18,23)(H,24,25)(H,26,27)(H,28,29);/q;+2/p-2. The Morgan fingerprint density at radius 2 is 1.00 bits per heavy atom. The van der Waals surface area contributed by atoms with Gasteiger partial charge in [0, 0.05) is 53.4 Å². The van der Waals surface area contributed by atoms with Crippen LogP contribution in [0.15, 0.2) is 0 Å².